The maximum absolute atomic E-state index is 11.4. The first kappa shape index (κ1) is 42.4. The molecule has 0 aromatic carbocycles. The Morgan fingerprint density at radius 1 is 0.727 bits per heavy atom. The van der Waals surface area contributed by atoms with E-state index in [0.717, 1.165) is 25.7 Å². The molecule has 0 aromatic rings. The summed E-state index contributed by atoms with van der Waals surface area (Å²) in [6.45, 7) is 17.1. The fourth-order valence-corrected chi connectivity index (χ4v) is 14.4. The van der Waals surface area contributed by atoms with Crippen LogP contribution >= 0.6 is 0 Å². The zero-order valence-electron chi connectivity index (χ0n) is 34.4. The first-order valence-corrected chi connectivity index (χ1v) is 21.2. The average Bonchev–Trinajstić information content (AvgIpc) is 3.71. The summed E-state index contributed by atoms with van der Waals surface area (Å²) in [4.78, 5) is 0. The van der Waals surface area contributed by atoms with E-state index in [0.29, 0.717) is 23.2 Å². The molecule has 0 bridgehead atoms. The highest BCUT2D eigenvalue weighted by molar-refractivity contribution is 5.33. The summed E-state index contributed by atoms with van der Waals surface area (Å²) >= 11 is 0. The molecule has 5 saturated carbocycles. The summed E-state index contributed by atoms with van der Waals surface area (Å²) in [5.74, 6) is 1.89. The van der Waals surface area contributed by atoms with Crippen LogP contribution in [0.4, 0.5) is 0 Å². The molecular weight excluding hydrogens is 708 g/mol. The Bertz CT molecular complexity index is 1430. The van der Waals surface area contributed by atoms with Crippen molar-refractivity contribution in [3.05, 3.63) is 12.2 Å². The van der Waals surface area contributed by atoms with E-state index >= 15 is 0 Å². The standard InChI is InChI=1S/C43H72O12/c1-23(10-9-14-37(2,3)51)24-11-15-40(7)27-12-16-41(8)38(4,5)28(13-17-43(41)22-42(27,43)19-18-39(24,40)6)54-35-33(50)31(48)34(26(21-45)53-35)55-36-32(49)30(47)29(46)25(20-44)52-36/h9,14,23-36,44-51H,10-13,15-22H2,1-8H3/b14-9+/t23-,24+,25-,26-,27-,28+,29-,30+,31-,32-,33-,34-,35+,36+,39+,40+,41+,42-,43+/m0/s1. The fourth-order valence-electron chi connectivity index (χ4n) is 14.4. The lowest BCUT2D eigenvalue weighted by atomic mass is 9.38. The Morgan fingerprint density at radius 2 is 1.36 bits per heavy atom. The van der Waals surface area contributed by atoms with Gasteiger partial charge in [0.25, 0.3) is 0 Å². The monoisotopic (exact) mass is 781 g/mol. The highest BCUT2D eigenvalue weighted by Crippen LogP contribution is 2.92. The summed E-state index contributed by atoms with van der Waals surface area (Å²) in [6, 6.07) is 0. The van der Waals surface area contributed by atoms with Crippen LogP contribution in [-0.2, 0) is 18.9 Å². The molecule has 0 aromatic heterocycles. The number of rotatable bonds is 10. The highest BCUT2D eigenvalue weighted by Gasteiger charge is 2.85. The molecule has 2 heterocycles. The minimum absolute atomic E-state index is 0.0277. The van der Waals surface area contributed by atoms with Gasteiger partial charge >= 0.3 is 0 Å². The zero-order chi connectivity index (χ0) is 40.3. The first-order valence-electron chi connectivity index (χ1n) is 21.2. The van der Waals surface area contributed by atoms with Gasteiger partial charge in [0, 0.05) is 0 Å². The molecule has 0 radical (unpaired) electrons. The molecule has 7 rings (SSSR count). The average molecular weight is 781 g/mol. The third kappa shape index (κ3) is 6.12. The lowest BCUT2D eigenvalue weighted by molar-refractivity contribution is -0.369. The third-order valence-corrected chi connectivity index (χ3v) is 18.1. The predicted molar refractivity (Wildman–Crippen MR) is 202 cm³/mol. The third-order valence-electron chi connectivity index (χ3n) is 18.1. The van der Waals surface area contributed by atoms with Gasteiger partial charge in [-0.05, 0) is 128 Å². The zero-order valence-corrected chi connectivity index (χ0v) is 34.4. The van der Waals surface area contributed by atoms with Crippen molar-refractivity contribution in [2.45, 2.75) is 193 Å². The molecule has 7 fully saturated rings. The smallest absolute Gasteiger partial charge is 0.187 e. The Balaban J connectivity index is 1.05. The molecule has 0 amide bonds. The predicted octanol–water partition coefficient (Wildman–Crippen LogP) is 3.18. The second-order valence-electron chi connectivity index (χ2n) is 21.0. The quantitative estimate of drug-likeness (QED) is 0.119. The normalized spacial score (nSPS) is 53.9. The lowest BCUT2D eigenvalue weighted by Gasteiger charge is -2.67. The molecule has 316 valence electrons. The van der Waals surface area contributed by atoms with Gasteiger partial charge in [-0.3, -0.25) is 0 Å². The summed E-state index contributed by atoms with van der Waals surface area (Å²) in [5.41, 5.74) is -0.0457. The van der Waals surface area contributed by atoms with Gasteiger partial charge in [0.15, 0.2) is 12.6 Å². The van der Waals surface area contributed by atoms with Crippen molar-refractivity contribution < 1.29 is 59.8 Å². The Kier molecular flexibility index (Phi) is 10.9. The fraction of sp³-hybridized carbons (Fsp3) is 0.953. The van der Waals surface area contributed by atoms with Crippen LogP contribution in [0.1, 0.15) is 120 Å². The summed E-state index contributed by atoms with van der Waals surface area (Å²) < 4.78 is 24.1. The summed E-state index contributed by atoms with van der Waals surface area (Å²) in [6.07, 6.45) is 0.478. The number of aliphatic hydroxyl groups excluding tert-OH is 7. The second kappa shape index (κ2) is 14.2. The largest absolute Gasteiger partial charge is 0.394 e. The van der Waals surface area contributed by atoms with E-state index in [-0.39, 0.29) is 33.2 Å². The molecule has 12 heteroatoms. The number of allylic oxidation sites excluding steroid dienone is 1. The molecule has 55 heavy (non-hydrogen) atoms. The van der Waals surface area contributed by atoms with E-state index in [1.54, 1.807) is 0 Å². The Labute approximate surface area is 327 Å². The van der Waals surface area contributed by atoms with Gasteiger partial charge in [0.05, 0.1) is 24.9 Å². The van der Waals surface area contributed by atoms with E-state index in [1.807, 2.05) is 19.9 Å². The number of hydrogen-bond acceptors (Lipinski definition) is 12. The maximum atomic E-state index is 11.4. The van der Waals surface area contributed by atoms with Gasteiger partial charge in [0.1, 0.15) is 48.8 Å². The molecule has 2 aliphatic heterocycles. The topological polar surface area (TPSA) is 199 Å². The van der Waals surface area contributed by atoms with Gasteiger partial charge in [0.2, 0.25) is 0 Å². The van der Waals surface area contributed by atoms with Crippen LogP contribution in [-0.4, -0.2) is 127 Å². The van der Waals surface area contributed by atoms with Crippen LogP contribution in [0.25, 0.3) is 0 Å². The van der Waals surface area contributed by atoms with Gasteiger partial charge in [-0.1, -0.05) is 53.7 Å². The molecule has 7 aliphatic rings. The SMILES string of the molecule is C[C@@H](C/C=C/C(C)(C)O)[C@H]1CC[C@]2(C)[C@@H]3CC[C@]4(C)C(C)(C)[C@H](O[C@H]5O[C@@H](CO)[C@H](O[C@H]6O[C@@H](CO)[C@H](O)[C@@H](O)[C@@H]6O)[C@@H](O)[C@@H]5O)CC[C@@]45C[C@@]35CC[C@]12C. The maximum Gasteiger partial charge on any atom is 0.187 e. The summed E-state index contributed by atoms with van der Waals surface area (Å²) in [5, 5.41) is 83.9. The minimum Gasteiger partial charge on any atom is -0.394 e. The molecule has 2 saturated heterocycles. The molecule has 12 nitrogen and oxygen atoms in total. The van der Waals surface area contributed by atoms with E-state index < -0.39 is 80.2 Å². The van der Waals surface area contributed by atoms with Gasteiger partial charge < -0.3 is 59.8 Å². The van der Waals surface area contributed by atoms with Crippen LogP contribution in [0, 0.1) is 50.2 Å². The van der Waals surface area contributed by atoms with Crippen molar-refractivity contribution in [3.63, 3.8) is 0 Å². The van der Waals surface area contributed by atoms with Crippen molar-refractivity contribution in [2.24, 2.45) is 50.2 Å². The van der Waals surface area contributed by atoms with Crippen LogP contribution < -0.4 is 0 Å². The summed E-state index contributed by atoms with van der Waals surface area (Å²) in [7, 11) is 0. The van der Waals surface area contributed by atoms with E-state index in [1.165, 1.54) is 38.5 Å². The lowest BCUT2D eigenvalue weighted by Crippen LogP contribution is -2.66. The van der Waals surface area contributed by atoms with Crippen LogP contribution in [0.5, 0.6) is 0 Å². The number of hydrogen-bond donors (Lipinski definition) is 8. The number of ether oxygens (including phenoxy) is 4. The van der Waals surface area contributed by atoms with Gasteiger partial charge in [-0.15, -0.1) is 0 Å². The second-order valence-corrected chi connectivity index (χ2v) is 21.0. The number of fused-ring (bicyclic) bond motifs is 2. The molecule has 19 atom stereocenters. The van der Waals surface area contributed by atoms with Crippen molar-refractivity contribution >= 4 is 0 Å². The highest BCUT2D eigenvalue weighted by atomic mass is 16.7. The van der Waals surface area contributed by atoms with Gasteiger partial charge in [-0.25, -0.2) is 0 Å². The Morgan fingerprint density at radius 3 is 2.02 bits per heavy atom. The molecule has 8 N–H and O–H groups in total. The van der Waals surface area contributed by atoms with E-state index in [2.05, 4.69) is 47.6 Å². The van der Waals surface area contributed by atoms with Crippen molar-refractivity contribution in [2.75, 3.05) is 13.2 Å². The Hall–Kier alpha value is -0.740. The number of aliphatic hydroxyl groups is 8. The molecule has 0 unspecified atom stereocenters. The van der Waals surface area contributed by atoms with Crippen LogP contribution in [0.15, 0.2) is 12.2 Å². The van der Waals surface area contributed by atoms with Crippen molar-refractivity contribution in [1.29, 1.82) is 0 Å². The van der Waals surface area contributed by atoms with Gasteiger partial charge in [-0.2, -0.15) is 0 Å². The van der Waals surface area contributed by atoms with E-state index in [4.69, 9.17) is 18.9 Å². The molecule has 5 aliphatic carbocycles. The molecular formula is C43H72O12. The van der Waals surface area contributed by atoms with Crippen LogP contribution in [0.3, 0.4) is 0 Å². The minimum atomic E-state index is -1.72. The van der Waals surface area contributed by atoms with Crippen molar-refractivity contribution in [1.82, 2.24) is 0 Å². The van der Waals surface area contributed by atoms with Crippen molar-refractivity contribution in [3.8, 4) is 0 Å². The van der Waals surface area contributed by atoms with E-state index in [9.17, 15) is 40.9 Å². The first-order chi connectivity index (χ1) is 25.6. The molecule has 2 spiro atoms. The van der Waals surface area contributed by atoms with Crippen LogP contribution in [0.2, 0.25) is 0 Å².